The van der Waals surface area contributed by atoms with Crippen molar-refractivity contribution in [3.8, 4) is 0 Å². The molecular formula is C24H27FN4O3S. The predicted molar refractivity (Wildman–Crippen MR) is 127 cm³/mol. The van der Waals surface area contributed by atoms with Crippen molar-refractivity contribution in [2.75, 3.05) is 31.1 Å². The van der Waals surface area contributed by atoms with Gasteiger partial charge in [-0.25, -0.2) is 9.78 Å². The smallest absolute Gasteiger partial charge is 0.344 e. The Morgan fingerprint density at radius 1 is 1.18 bits per heavy atom. The Bertz CT molecular complexity index is 1210. The van der Waals surface area contributed by atoms with E-state index in [1.54, 1.807) is 17.6 Å². The molecule has 5 rings (SSSR count). The molecule has 0 spiro atoms. The first-order valence-corrected chi connectivity index (χ1v) is 12.3. The Balaban J connectivity index is 1.48. The van der Waals surface area contributed by atoms with Crippen LogP contribution in [0.25, 0.3) is 10.9 Å². The highest BCUT2D eigenvalue weighted by Crippen LogP contribution is 2.33. The number of carbonyl (C=O) groups is 1. The second-order valence-corrected chi connectivity index (χ2v) is 9.90. The normalized spacial score (nSPS) is 18.2. The zero-order valence-corrected chi connectivity index (χ0v) is 19.1. The van der Waals surface area contributed by atoms with Crippen LogP contribution in [0.4, 0.5) is 10.1 Å². The van der Waals surface area contributed by atoms with Gasteiger partial charge in [0, 0.05) is 35.7 Å². The molecule has 174 valence electrons. The van der Waals surface area contributed by atoms with Crippen molar-refractivity contribution >= 4 is 33.9 Å². The summed E-state index contributed by atoms with van der Waals surface area (Å²) < 4.78 is 16.5. The van der Waals surface area contributed by atoms with Gasteiger partial charge in [-0.3, -0.25) is 4.79 Å². The molecule has 0 radical (unpaired) electrons. The van der Waals surface area contributed by atoms with Gasteiger partial charge in [0.05, 0.1) is 12.1 Å². The van der Waals surface area contributed by atoms with Crippen molar-refractivity contribution < 1.29 is 14.3 Å². The van der Waals surface area contributed by atoms with Gasteiger partial charge in [0.25, 0.3) is 0 Å². The second kappa shape index (κ2) is 9.23. The van der Waals surface area contributed by atoms with E-state index in [4.69, 9.17) is 0 Å². The van der Waals surface area contributed by atoms with Gasteiger partial charge < -0.3 is 19.9 Å². The van der Waals surface area contributed by atoms with E-state index in [1.165, 1.54) is 28.7 Å². The largest absolute Gasteiger partial charge is 0.477 e. The van der Waals surface area contributed by atoms with E-state index in [1.807, 2.05) is 12.1 Å². The zero-order chi connectivity index (χ0) is 22.9. The molecule has 4 heterocycles. The molecule has 3 aromatic rings. The third-order valence-electron chi connectivity index (χ3n) is 7.13. The van der Waals surface area contributed by atoms with Crippen LogP contribution in [-0.4, -0.2) is 46.8 Å². The number of pyridine rings is 1. The van der Waals surface area contributed by atoms with Crippen molar-refractivity contribution in [2.24, 2.45) is 11.8 Å². The quantitative estimate of drug-likeness (QED) is 0.555. The van der Waals surface area contributed by atoms with Crippen molar-refractivity contribution in [1.29, 1.82) is 0 Å². The number of nitrogens with zero attached hydrogens (tertiary/aromatic N) is 3. The number of hydrogen-bond acceptors (Lipinski definition) is 6. The Morgan fingerprint density at radius 2 is 1.91 bits per heavy atom. The minimum atomic E-state index is -1.56. The molecule has 0 aliphatic carbocycles. The van der Waals surface area contributed by atoms with Gasteiger partial charge in [0.2, 0.25) is 11.4 Å². The van der Waals surface area contributed by atoms with Crippen molar-refractivity contribution in [3.63, 3.8) is 0 Å². The predicted octanol–water partition coefficient (Wildman–Crippen LogP) is 3.56. The van der Waals surface area contributed by atoms with E-state index >= 15 is 4.39 Å². The second-order valence-electron chi connectivity index (χ2n) is 8.93. The van der Waals surface area contributed by atoms with E-state index in [9.17, 15) is 14.7 Å². The number of carboxylic acids is 1. The maximum Gasteiger partial charge on any atom is 0.344 e. The van der Waals surface area contributed by atoms with Gasteiger partial charge >= 0.3 is 5.97 Å². The van der Waals surface area contributed by atoms with E-state index in [-0.39, 0.29) is 11.9 Å². The number of carboxylic acid groups (broad SMARTS) is 1. The molecule has 0 unspecified atom stereocenters. The van der Waals surface area contributed by atoms with Crippen LogP contribution in [0.5, 0.6) is 0 Å². The van der Waals surface area contributed by atoms with Crippen LogP contribution in [0.2, 0.25) is 0 Å². The monoisotopic (exact) mass is 470 g/mol. The number of hydrogen-bond donors (Lipinski definition) is 2. The number of aromatic nitrogens is 2. The van der Waals surface area contributed by atoms with Crippen LogP contribution in [-0.2, 0) is 6.54 Å². The number of piperidine rings is 2. The fourth-order valence-corrected chi connectivity index (χ4v) is 5.96. The topological polar surface area (TPSA) is 87.5 Å². The lowest BCUT2D eigenvalue weighted by Crippen LogP contribution is -2.39. The molecule has 1 aromatic carbocycles. The molecule has 2 N–H and O–H groups in total. The van der Waals surface area contributed by atoms with Crippen molar-refractivity contribution in [1.82, 2.24) is 14.9 Å². The maximum atomic E-state index is 15.3. The molecule has 7 nitrogen and oxygen atoms in total. The minimum Gasteiger partial charge on any atom is -0.477 e. The summed E-state index contributed by atoms with van der Waals surface area (Å²) in [5.41, 5.74) is -0.284. The molecule has 2 fully saturated rings. The van der Waals surface area contributed by atoms with Gasteiger partial charge in [-0.1, -0.05) is 0 Å². The Hall–Kier alpha value is -2.78. The van der Waals surface area contributed by atoms with E-state index in [0.29, 0.717) is 10.5 Å². The summed E-state index contributed by atoms with van der Waals surface area (Å²) in [6, 6.07) is 5.31. The fraction of sp³-hybridized carbons (Fsp3) is 0.458. The first-order valence-electron chi connectivity index (χ1n) is 11.5. The first kappa shape index (κ1) is 22.0. The lowest BCUT2D eigenvalue weighted by Gasteiger charge is -2.38. The third-order valence-corrected chi connectivity index (χ3v) is 7.90. The minimum absolute atomic E-state index is 0.0712. The van der Waals surface area contributed by atoms with Gasteiger partial charge in [-0.05, 0) is 68.8 Å². The molecule has 0 amide bonds. The molecular weight excluding hydrogens is 443 g/mol. The Labute approximate surface area is 194 Å². The average Bonchev–Trinajstić information content (AvgIpc) is 3.35. The fourth-order valence-electron chi connectivity index (χ4n) is 5.35. The van der Waals surface area contributed by atoms with Crippen LogP contribution in [0, 0.1) is 17.8 Å². The van der Waals surface area contributed by atoms with Crippen LogP contribution < -0.4 is 15.6 Å². The molecule has 0 bridgehead atoms. The summed E-state index contributed by atoms with van der Waals surface area (Å²) in [5, 5.41) is 15.5. The lowest BCUT2D eigenvalue weighted by molar-refractivity contribution is 0.0688. The van der Waals surface area contributed by atoms with Gasteiger partial charge in [-0.2, -0.15) is 4.39 Å². The summed E-state index contributed by atoms with van der Waals surface area (Å²) in [4.78, 5) is 30.9. The maximum absolute atomic E-state index is 15.3. The molecule has 2 aliphatic rings. The molecule has 2 saturated heterocycles. The standard InChI is InChI=1S/C24H27FN4O3S/c25-23-21(24(31)32)22(30)18-2-1-17(13-19(18)29(23)14-20-27-9-12-33-20)28-10-5-16(6-11-28)15-3-7-26-8-4-15/h1-2,9,12-13,15-16,26H,3-8,10-11,14H2,(H,31,32). The molecule has 2 aliphatic heterocycles. The average molecular weight is 471 g/mol. The molecule has 33 heavy (non-hydrogen) atoms. The van der Waals surface area contributed by atoms with E-state index < -0.39 is 22.9 Å². The van der Waals surface area contributed by atoms with Crippen molar-refractivity contribution in [2.45, 2.75) is 32.2 Å². The number of rotatable bonds is 5. The van der Waals surface area contributed by atoms with Gasteiger partial charge in [-0.15, -0.1) is 11.3 Å². The highest BCUT2D eigenvalue weighted by atomic mass is 32.1. The SMILES string of the molecule is O=C(O)c1c(F)n(Cc2nccs2)c2cc(N3CCC(C4CCNCC4)CC3)ccc2c1=O. The number of aromatic carboxylic acids is 1. The number of halogens is 1. The lowest BCUT2D eigenvalue weighted by atomic mass is 9.79. The molecule has 0 atom stereocenters. The van der Waals surface area contributed by atoms with Crippen molar-refractivity contribution in [3.05, 3.63) is 56.5 Å². The molecule has 2 aromatic heterocycles. The Kier molecular flexibility index (Phi) is 6.16. The highest BCUT2D eigenvalue weighted by Gasteiger charge is 2.28. The zero-order valence-electron chi connectivity index (χ0n) is 18.3. The van der Waals surface area contributed by atoms with Crippen LogP contribution in [0.3, 0.4) is 0 Å². The number of benzene rings is 1. The Morgan fingerprint density at radius 3 is 2.58 bits per heavy atom. The molecule has 9 heteroatoms. The van der Waals surface area contributed by atoms with E-state index in [0.717, 1.165) is 56.5 Å². The first-order chi connectivity index (χ1) is 16.0. The number of nitrogens with one attached hydrogen (secondary N) is 1. The molecule has 0 saturated carbocycles. The number of thiazole rings is 1. The third kappa shape index (κ3) is 4.27. The van der Waals surface area contributed by atoms with Crippen LogP contribution in [0.1, 0.15) is 41.0 Å². The summed E-state index contributed by atoms with van der Waals surface area (Å²) in [6.07, 6.45) is 6.37. The van der Waals surface area contributed by atoms with Gasteiger partial charge in [0.1, 0.15) is 5.01 Å². The number of fused-ring (bicyclic) bond motifs is 1. The summed E-state index contributed by atoms with van der Waals surface area (Å²) in [5.74, 6) is -1.06. The number of anilines is 1. The van der Waals surface area contributed by atoms with Crippen LogP contribution in [0.15, 0.2) is 34.6 Å². The van der Waals surface area contributed by atoms with Crippen LogP contribution >= 0.6 is 11.3 Å². The summed E-state index contributed by atoms with van der Waals surface area (Å²) in [7, 11) is 0. The summed E-state index contributed by atoms with van der Waals surface area (Å²) in [6.45, 7) is 4.13. The summed E-state index contributed by atoms with van der Waals surface area (Å²) >= 11 is 1.36. The highest BCUT2D eigenvalue weighted by molar-refractivity contribution is 7.09. The van der Waals surface area contributed by atoms with Gasteiger partial charge in [0.15, 0.2) is 5.56 Å². The van der Waals surface area contributed by atoms with E-state index in [2.05, 4.69) is 15.2 Å².